The largest absolute Gasteiger partial charge is 0.378 e. The molecule has 0 spiro atoms. The number of thiazole rings is 1. The molecule has 4 rings (SSSR count). The molecule has 7 heteroatoms. The van der Waals surface area contributed by atoms with E-state index >= 15 is 0 Å². The summed E-state index contributed by atoms with van der Waals surface area (Å²) in [5.41, 5.74) is 3.02. The van der Waals surface area contributed by atoms with Crippen LogP contribution >= 0.6 is 11.3 Å². The molecule has 29 heavy (non-hydrogen) atoms. The summed E-state index contributed by atoms with van der Waals surface area (Å²) in [6, 6.07) is 16.0. The number of carbonyl (C=O) groups excluding carboxylic acids is 1. The van der Waals surface area contributed by atoms with E-state index in [1.807, 2.05) is 44.3 Å². The molecule has 0 radical (unpaired) electrons. The number of hydrogen-bond acceptors (Lipinski definition) is 5. The van der Waals surface area contributed by atoms with E-state index in [0.717, 1.165) is 59.6 Å². The number of likely N-dealkylation sites (N-methyl/N-ethyl adjacent to an activating group) is 1. The molecule has 1 saturated heterocycles. The Morgan fingerprint density at radius 2 is 1.93 bits per heavy atom. The van der Waals surface area contributed by atoms with E-state index in [0.29, 0.717) is 0 Å². The summed E-state index contributed by atoms with van der Waals surface area (Å²) in [5, 5.41) is 4.10. The van der Waals surface area contributed by atoms with Gasteiger partial charge in [0.2, 0.25) is 0 Å². The van der Waals surface area contributed by atoms with Gasteiger partial charge in [-0.3, -0.25) is 4.79 Å². The summed E-state index contributed by atoms with van der Waals surface area (Å²) in [7, 11) is 2.04. The first kappa shape index (κ1) is 19.8. The van der Waals surface area contributed by atoms with E-state index in [2.05, 4.69) is 33.4 Å². The lowest BCUT2D eigenvalue weighted by atomic mass is 10.2. The van der Waals surface area contributed by atoms with Gasteiger partial charge in [-0.1, -0.05) is 12.1 Å². The number of benzene rings is 2. The van der Waals surface area contributed by atoms with Gasteiger partial charge in [0, 0.05) is 24.5 Å². The Hall–Kier alpha value is -2.48. The summed E-state index contributed by atoms with van der Waals surface area (Å²) < 4.78 is 6.59. The van der Waals surface area contributed by atoms with Gasteiger partial charge in [-0.05, 0) is 43.3 Å². The van der Waals surface area contributed by atoms with Gasteiger partial charge in [0.05, 0.1) is 30.5 Å². The Labute approximate surface area is 175 Å². The van der Waals surface area contributed by atoms with Gasteiger partial charge in [0.1, 0.15) is 11.6 Å². The molecule has 0 bridgehead atoms. The average Bonchev–Trinajstić information content (AvgIpc) is 3.16. The Bertz CT molecular complexity index is 933. The van der Waals surface area contributed by atoms with Gasteiger partial charge >= 0.3 is 0 Å². The highest BCUT2D eigenvalue weighted by atomic mass is 32.1. The number of para-hydroxylation sites is 1. The molecule has 2 N–H and O–H groups in total. The molecule has 2 aromatic carbocycles. The molecular formula is C22H27N4O2S+. The van der Waals surface area contributed by atoms with Crippen LogP contribution in [-0.4, -0.2) is 50.3 Å². The molecule has 1 aliphatic heterocycles. The highest BCUT2D eigenvalue weighted by Gasteiger charge is 2.23. The van der Waals surface area contributed by atoms with Crippen LogP contribution in [0.2, 0.25) is 0 Å². The number of nitrogens with one attached hydrogen (secondary N) is 2. The van der Waals surface area contributed by atoms with Gasteiger partial charge in [-0.25, -0.2) is 4.98 Å². The second-order valence-corrected chi connectivity index (χ2v) is 8.57. The minimum absolute atomic E-state index is 0.0164. The lowest BCUT2D eigenvalue weighted by molar-refractivity contribution is -0.907. The van der Waals surface area contributed by atoms with E-state index in [1.54, 1.807) is 11.3 Å². The van der Waals surface area contributed by atoms with E-state index in [-0.39, 0.29) is 11.9 Å². The summed E-state index contributed by atoms with van der Waals surface area (Å²) in [5.74, 6) is 0.0164. The van der Waals surface area contributed by atoms with Crippen LogP contribution in [0, 0.1) is 0 Å². The smallest absolute Gasteiger partial charge is 0.282 e. The molecule has 1 aromatic heterocycles. The summed E-state index contributed by atoms with van der Waals surface area (Å²) in [6.45, 7) is 6.02. The molecule has 6 nitrogen and oxygen atoms in total. The van der Waals surface area contributed by atoms with Crippen molar-refractivity contribution in [3.63, 3.8) is 0 Å². The van der Waals surface area contributed by atoms with Gasteiger partial charge in [0.15, 0.2) is 6.04 Å². The maximum Gasteiger partial charge on any atom is 0.282 e. The number of amides is 1. The first-order valence-electron chi connectivity index (χ1n) is 10.0. The highest BCUT2D eigenvalue weighted by Crippen LogP contribution is 2.21. The maximum absolute atomic E-state index is 12.7. The average molecular weight is 412 g/mol. The highest BCUT2D eigenvalue weighted by molar-refractivity contribution is 7.18. The lowest BCUT2D eigenvalue weighted by Gasteiger charge is -2.29. The second-order valence-electron chi connectivity index (χ2n) is 7.46. The van der Waals surface area contributed by atoms with Crippen molar-refractivity contribution in [3.8, 4) is 0 Å². The molecule has 0 aliphatic carbocycles. The second kappa shape index (κ2) is 8.90. The lowest BCUT2D eigenvalue weighted by Crippen LogP contribution is -3.12. The maximum atomic E-state index is 12.7. The van der Waals surface area contributed by atoms with Crippen molar-refractivity contribution >= 4 is 38.8 Å². The van der Waals surface area contributed by atoms with Crippen LogP contribution in [0.25, 0.3) is 10.2 Å². The van der Waals surface area contributed by atoms with E-state index in [9.17, 15) is 4.79 Å². The number of carbonyl (C=O) groups is 1. The molecule has 0 saturated carbocycles. The predicted octanol–water partition coefficient (Wildman–Crippen LogP) is 2.17. The number of ether oxygens (including phenoxy) is 1. The van der Waals surface area contributed by atoms with E-state index in [1.165, 1.54) is 4.70 Å². The molecule has 3 aromatic rings. The van der Waals surface area contributed by atoms with Crippen molar-refractivity contribution in [2.75, 3.05) is 43.6 Å². The first-order valence-corrected chi connectivity index (χ1v) is 10.8. The fraction of sp³-hybridized carbons (Fsp3) is 0.364. The minimum Gasteiger partial charge on any atom is -0.378 e. The molecule has 1 aliphatic rings. The molecule has 2 heterocycles. The molecule has 1 amide bonds. The van der Waals surface area contributed by atoms with Crippen LogP contribution in [0.4, 0.5) is 11.4 Å². The summed E-state index contributed by atoms with van der Waals surface area (Å²) in [6.07, 6.45) is 0. The standard InChI is InChI=1S/C22H26N4O2S/c1-16(25(2)15-21-24-19-5-3-4-6-20(19)29-21)22(27)23-17-7-9-18(10-8-17)26-11-13-28-14-12-26/h3-10,16H,11-15H2,1-2H3,(H,23,27)/p+1/t16-/m1/s1. The number of rotatable bonds is 6. The van der Waals surface area contributed by atoms with Crippen molar-refractivity contribution in [2.24, 2.45) is 0 Å². The Kier molecular flexibility index (Phi) is 6.08. The number of hydrogen-bond donors (Lipinski definition) is 2. The Balaban J connectivity index is 1.34. The fourth-order valence-corrected chi connectivity index (χ4v) is 4.50. The van der Waals surface area contributed by atoms with Gasteiger partial charge < -0.3 is 19.9 Å². The summed E-state index contributed by atoms with van der Waals surface area (Å²) in [4.78, 5) is 20.8. The van der Waals surface area contributed by atoms with Crippen LogP contribution in [-0.2, 0) is 16.1 Å². The zero-order chi connectivity index (χ0) is 20.2. The third-order valence-corrected chi connectivity index (χ3v) is 6.45. The van der Waals surface area contributed by atoms with Crippen LogP contribution in [0.15, 0.2) is 48.5 Å². The molecule has 1 fully saturated rings. The zero-order valence-electron chi connectivity index (χ0n) is 16.9. The Morgan fingerprint density at radius 3 is 2.66 bits per heavy atom. The third-order valence-electron chi connectivity index (χ3n) is 5.41. The number of fused-ring (bicyclic) bond motifs is 1. The van der Waals surface area contributed by atoms with Crippen molar-refractivity contribution in [1.29, 1.82) is 0 Å². The molecular weight excluding hydrogens is 384 g/mol. The van der Waals surface area contributed by atoms with Gasteiger partial charge in [-0.2, -0.15) is 0 Å². The Morgan fingerprint density at radius 1 is 1.21 bits per heavy atom. The minimum atomic E-state index is -0.180. The van der Waals surface area contributed by atoms with Crippen LogP contribution in [0.3, 0.4) is 0 Å². The molecule has 152 valence electrons. The summed E-state index contributed by atoms with van der Waals surface area (Å²) >= 11 is 1.70. The molecule has 2 atom stereocenters. The van der Waals surface area contributed by atoms with Crippen LogP contribution in [0.5, 0.6) is 0 Å². The van der Waals surface area contributed by atoms with Gasteiger partial charge in [0.25, 0.3) is 5.91 Å². The van der Waals surface area contributed by atoms with Crippen molar-refractivity contribution < 1.29 is 14.4 Å². The number of quaternary nitrogens is 1. The number of morpholine rings is 1. The quantitative estimate of drug-likeness (QED) is 0.653. The number of aromatic nitrogens is 1. The van der Waals surface area contributed by atoms with Crippen molar-refractivity contribution in [2.45, 2.75) is 19.5 Å². The third kappa shape index (κ3) is 4.75. The first-order chi connectivity index (χ1) is 14.1. The number of anilines is 2. The van der Waals surface area contributed by atoms with Crippen LogP contribution in [0.1, 0.15) is 11.9 Å². The predicted molar refractivity (Wildman–Crippen MR) is 118 cm³/mol. The van der Waals surface area contributed by atoms with E-state index in [4.69, 9.17) is 4.74 Å². The van der Waals surface area contributed by atoms with Crippen LogP contribution < -0.4 is 15.1 Å². The normalized spacial score (nSPS) is 16.6. The fourth-order valence-electron chi connectivity index (χ4n) is 3.44. The van der Waals surface area contributed by atoms with Gasteiger partial charge in [-0.15, -0.1) is 11.3 Å². The molecule has 1 unspecified atom stereocenters. The number of nitrogens with zero attached hydrogens (tertiary/aromatic N) is 2. The monoisotopic (exact) mass is 411 g/mol. The van der Waals surface area contributed by atoms with Crippen molar-refractivity contribution in [1.82, 2.24) is 4.98 Å². The topological polar surface area (TPSA) is 58.9 Å². The van der Waals surface area contributed by atoms with E-state index < -0.39 is 0 Å². The SMILES string of the molecule is C[C@H](C(=O)Nc1ccc(N2CCOCC2)cc1)[NH+](C)Cc1nc2ccccc2s1. The van der Waals surface area contributed by atoms with Crippen molar-refractivity contribution in [3.05, 3.63) is 53.5 Å². The zero-order valence-corrected chi connectivity index (χ0v) is 17.7.